The Bertz CT molecular complexity index is 1170. The van der Waals surface area contributed by atoms with Crippen LogP contribution < -0.4 is 5.32 Å². The number of aromatic nitrogens is 5. The number of rotatable bonds is 7. The quantitative estimate of drug-likeness (QED) is 0.491. The Hall–Kier alpha value is -3.88. The van der Waals surface area contributed by atoms with Crippen LogP contribution in [0.1, 0.15) is 36.4 Å². The van der Waals surface area contributed by atoms with Crippen molar-refractivity contribution >= 4 is 5.91 Å². The van der Waals surface area contributed by atoms with E-state index in [1.54, 1.807) is 30.1 Å². The van der Waals surface area contributed by atoms with Crippen LogP contribution in [0.2, 0.25) is 0 Å². The van der Waals surface area contributed by atoms with E-state index in [-0.39, 0.29) is 24.2 Å². The lowest BCUT2D eigenvalue weighted by Crippen LogP contribution is -2.26. The highest BCUT2D eigenvalue weighted by Gasteiger charge is 2.14. The third-order valence-corrected chi connectivity index (χ3v) is 4.92. The molecular weight excluding hydrogens is 399 g/mol. The molecule has 1 N–H and O–H groups in total. The maximum atomic E-state index is 13.7. The van der Waals surface area contributed by atoms with Gasteiger partial charge in [-0.15, -0.1) is 0 Å². The van der Waals surface area contributed by atoms with Gasteiger partial charge in [0.15, 0.2) is 0 Å². The van der Waals surface area contributed by atoms with Gasteiger partial charge < -0.3 is 9.84 Å². The molecule has 0 saturated heterocycles. The average Bonchev–Trinajstić information content (AvgIpc) is 3.47. The molecule has 158 valence electrons. The standard InChI is InChI=1S/C22H21FN6O2/c1-14-3-4-17(11-19(14)23)22-27-21(31-28-22)10-9-20(30)26-15(2)16-5-7-18(8-6-16)29-13-24-12-25-29/h3-8,11-13,15H,9-10H2,1-2H3,(H,26,30). The van der Waals surface area contributed by atoms with Gasteiger partial charge in [0.05, 0.1) is 11.7 Å². The van der Waals surface area contributed by atoms with E-state index in [1.165, 1.54) is 12.4 Å². The van der Waals surface area contributed by atoms with E-state index in [1.807, 2.05) is 31.2 Å². The summed E-state index contributed by atoms with van der Waals surface area (Å²) in [5, 5.41) is 10.9. The van der Waals surface area contributed by atoms with E-state index in [2.05, 4.69) is 25.5 Å². The highest BCUT2D eigenvalue weighted by Crippen LogP contribution is 2.20. The van der Waals surface area contributed by atoms with Crippen LogP contribution in [0, 0.1) is 12.7 Å². The van der Waals surface area contributed by atoms with Crippen LogP contribution in [0.5, 0.6) is 0 Å². The molecule has 0 saturated carbocycles. The summed E-state index contributed by atoms with van der Waals surface area (Å²) >= 11 is 0. The summed E-state index contributed by atoms with van der Waals surface area (Å²) in [6.45, 7) is 3.60. The van der Waals surface area contributed by atoms with Crippen LogP contribution in [0.4, 0.5) is 4.39 Å². The number of hydrogen-bond acceptors (Lipinski definition) is 6. The van der Waals surface area contributed by atoms with Crippen LogP contribution in [0.15, 0.2) is 59.6 Å². The Labute approximate surface area is 178 Å². The zero-order valence-corrected chi connectivity index (χ0v) is 17.1. The van der Waals surface area contributed by atoms with Gasteiger partial charge in [0.2, 0.25) is 17.6 Å². The molecule has 8 nitrogen and oxygen atoms in total. The monoisotopic (exact) mass is 420 g/mol. The van der Waals surface area contributed by atoms with Crippen molar-refractivity contribution in [2.24, 2.45) is 0 Å². The number of aryl methyl sites for hydroxylation is 2. The lowest BCUT2D eigenvalue weighted by molar-refractivity contribution is -0.121. The van der Waals surface area contributed by atoms with Crippen molar-refractivity contribution in [3.63, 3.8) is 0 Å². The largest absolute Gasteiger partial charge is 0.350 e. The maximum Gasteiger partial charge on any atom is 0.227 e. The predicted molar refractivity (Wildman–Crippen MR) is 111 cm³/mol. The second kappa shape index (κ2) is 8.86. The molecule has 1 unspecified atom stereocenters. The SMILES string of the molecule is Cc1ccc(-c2noc(CCC(=O)NC(C)c3ccc(-n4cncn4)cc3)n2)cc1F. The molecule has 0 radical (unpaired) electrons. The summed E-state index contributed by atoms with van der Waals surface area (Å²) in [6.07, 6.45) is 3.59. The normalized spacial score (nSPS) is 12.0. The minimum atomic E-state index is -0.327. The third-order valence-electron chi connectivity index (χ3n) is 4.92. The van der Waals surface area contributed by atoms with Gasteiger partial charge in [-0.2, -0.15) is 10.1 Å². The van der Waals surface area contributed by atoms with Crippen molar-refractivity contribution < 1.29 is 13.7 Å². The first-order valence-electron chi connectivity index (χ1n) is 9.83. The number of nitrogens with one attached hydrogen (secondary N) is 1. The van der Waals surface area contributed by atoms with E-state index in [0.717, 1.165) is 11.3 Å². The summed E-state index contributed by atoms with van der Waals surface area (Å²) in [6, 6.07) is 12.3. The molecule has 0 aliphatic heterocycles. The molecule has 0 aliphatic carbocycles. The highest BCUT2D eigenvalue weighted by atomic mass is 19.1. The molecule has 2 aromatic heterocycles. The second-order valence-corrected chi connectivity index (χ2v) is 7.20. The smallest absolute Gasteiger partial charge is 0.227 e. The van der Waals surface area contributed by atoms with E-state index in [9.17, 15) is 9.18 Å². The molecule has 0 bridgehead atoms. The predicted octanol–water partition coefficient (Wildman–Crippen LogP) is 3.57. The first-order valence-corrected chi connectivity index (χ1v) is 9.83. The molecule has 2 aromatic carbocycles. The van der Waals surface area contributed by atoms with E-state index in [4.69, 9.17) is 4.52 Å². The van der Waals surface area contributed by atoms with Gasteiger partial charge >= 0.3 is 0 Å². The van der Waals surface area contributed by atoms with E-state index >= 15 is 0 Å². The fourth-order valence-corrected chi connectivity index (χ4v) is 3.08. The number of nitrogens with zero attached hydrogens (tertiary/aromatic N) is 5. The molecule has 0 aliphatic rings. The maximum absolute atomic E-state index is 13.7. The van der Waals surface area contributed by atoms with Gasteiger partial charge in [0, 0.05) is 18.4 Å². The van der Waals surface area contributed by atoms with Crippen LogP contribution in [-0.2, 0) is 11.2 Å². The number of carbonyl (C=O) groups excluding carboxylic acids is 1. The first kappa shape index (κ1) is 20.4. The highest BCUT2D eigenvalue weighted by molar-refractivity contribution is 5.76. The molecule has 1 atom stereocenters. The molecule has 2 heterocycles. The zero-order chi connectivity index (χ0) is 21.8. The van der Waals surface area contributed by atoms with Crippen molar-refractivity contribution in [1.29, 1.82) is 0 Å². The minimum Gasteiger partial charge on any atom is -0.350 e. The number of benzene rings is 2. The number of amides is 1. The molecule has 31 heavy (non-hydrogen) atoms. The van der Waals surface area contributed by atoms with Gasteiger partial charge in [0.1, 0.15) is 18.5 Å². The van der Waals surface area contributed by atoms with Crippen molar-refractivity contribution in [2.45, 2.75) is 32.7 Å². The molecule has 9 heteroatoms. The molecule has 4 rings (SSSR count). The Balaban J connectivity index is 1.31. The number of hydrogen-bond donors (Lipinski definition) is 1. The van der Waals surface area contributed by atoms with Crippen LogP contribution in [-0.4, -0.2) is 30.8 Å². The Kier molecular flexibility index (Phi) is 5.83. The summed E-state index contributed by atoms with van der Waals surface area (Å²) < 4.78 is 20.6. The van der Waals surface area contributed by atoms with Crippen molar-refractivity contribution in [2.75, 3.05) is 0 Å². The Morgan fingerprint density at radius 3 is 2.74 bits per heavy atom. The van der Waals surface area contributed by atoms with Crippen molar-refractivity contribution in [3.8, 4) is 17.1 Å². The van der Waals surface area contributed by atoms with Gasteiger partial charge in [-0.1, -0.05) is 29.4 Å². The van der Waals surface area contributed by atoms with Gasteiger partial charge in [-0.05, 0) is 43.2 Å². The average molecular weight is 420 g/mol. The fraction of sp³-hybridized carbons (Fsp3) is 0.227. The van der Waals surface area contributed by atoms with Crippen molar-refractivity contribution in [3.05, 3.63) is 78.0 Å². The van der Waals surface area contributed by atoms with Crippen LogP contribution in [0.25, 0.3) is 17.1 Å². The van der Waals surface area contributed by atoms with E-state index < -0.39 is 0 Å². The van der Waals surface area contributed by atoms with Crippen molar-refractivity contribution in [1.82, 2.24) is 30.2 Å². The minimum absolute atomic E-state index is 0.131. The number of halogens is 1. The lowest BCUT2D eigenvalue weighted by atomic mass is 10.1. The Morgan fingerprint density at radius 1 is 1.23 bits per heavy atom. The third kappa shape index (κ3) is 4.82. The zero-order valence-electron chi connectivity index (χ0n) is 17.1. The molecule has 1 amide bonds. The molecule has 4 aromatic rings. The molecule has 0 fully saturated rings. The molecular formula is C22H21FN6O2. The van der Waals surface area contributed by atoms with Gasteiger partial charge in [-0.25, -0.2) is 14.1 Å². The van der Waals surface area contributed by atoms with Gasteiger partial charge in [-0.3, -0.25) is 4.79 Å². The number of carbonyl (C=O) groups is 1. The van der Waals surface area contributed by atoms with Gasteiger partial charge in [0.25, 0.3) is 0 Å². The summed E-state index contributed by atoms with van der Waals surface area (Å²) in [5.41, 5.74) is 2.94. The van der Waals surface area contributed by atoms with Crippen LogP contribution >= 0.6 is 0 Å². The summed E-state index contributed by atoms with van der Waals surface area (Å²) in [7, 11) is 0. The fourth-order valence-electron chi connectivity index (χ4n) is 3.08. The van der Waals surface area contributed by atoms with Crippen LogP contribution in [0.3, 0.4) is 0 Å². The Morgan fingerprint density at radius 2 is 2.03 bits per heavy atom. The summed E-state index contributed by atoms with van der Waals surface area (Å²) in [4.78, 5) is 20.5. The topological polar surface area (TPSA) is 98.7 Å². The second-order valence-electron chi connectivity index (χ2n) is 7.20. The first-order chi connectivity index (χ1) is 15.0. The lowest BCUT2D eigenvalue weighted by Gasteiger charge is -2.14. The summed E-state index contributed by atoms with van der Waals surface area (Å²) in [5.74, 6) is 0.173. The molecule has 0 spiro atoms. The van der Waals surface area contributed by atoms with E-state index in [0.29, 0.717) is 29.3 Å².